The van der Waals surface area contributed by atoms with Gasteiger partial charge in [0.05, 0.1) is 11.0 Å². The van der Waals surface area contributed by atoms with E-state index >= 15 is 0 Å². The van der Waals surface area contributed by atoms with Crippen molar-refractivity contribution in [2.45, 2.75) is 37.9 Å². The molecule has 0 fully saturated rings. The molecule has 0 aromatic heterocycles. The fourth-order valence-corrected chi connectivity index (χ4v) is 2.33. The van der Waals surface area contributed by atoms with E-state index in [4.69, 9.17) is 5.26 Å². The lowest BCUT2D eigenvalue weighted by Gasteiger charge is -2.18. The number of halogens is 1. The van der Waals surface area contributed by atoms with Crippen molar-refractivity contribution in [3.05, 3.63) is 29.8 Å². The van der Waals surface area contributed by atoms with Gasteiger partial charge in [0, 0.05) is 0 Å². The number of hydrogen-bond donors (Lipinski definition) is 1. The highest BCUT2D eigenvalue weighted by atomic mass is 32.2. The normalized spacial score (nSPS) is 16.0. The summed E-state index contributed by atoms with van der Waals surface area (Å²) in [7, 11) is -1.57. The molecule has 18 heavy (non-hydrogen) atoms. The number of nitrogens with one attached hydrogen (secondary N) is 1. The SMILES string of the molecule is Cc1ccc([S@@](=O)N[C@@H](C#N)[C@H](F)C(C)C)cc1. The van der Waals surface area contributed by atoms with Crippen LogP contribution in [0.3, 0.4) is 0 Å². The monoisotopic (exact) mass is 268 g/mol. The highest BCUT2D eigenvalue weighted by molar-refractivity contribution is 7.83. The molecule has 1 aromatic rings. The second kappa shape index (κ2) is 6.62. The average molecular weight is 268 g/mol. The first-order valence-electron chi connectivity index (χ1n) is 5.74. The van der Waals surface area contributed by atoms with Gasteiger partial charge in [-0.05, 0) is 25.0 Å². The largest absolute Gasteiger partial charge is 0.244 e. The van der Waals surface area contributed by atoms with Crippen molar-refractivity contribution >= 4 is 11.0 Å². The van der Waals surface area contributed by atoms with Crippen molar-refractivity contribution in [2.75, 3.05) is 0 Å². The van der Waals surface area contributed by atoms with Gasteiger partial charge in [-0.2, -0.15) is 5.26 Å². The summed E-state index contributed by atoms with van der Waals surface area (Å²) in [6.45, 7) is 5.30. The van der Waals surface area contributed by atoms with E-state index < -0.39 is 23.2 Å². The van der Waals surface area contributed by atoms with Crippen molar-refractivity contribution in [1.82, 2.24) is 4.72 Å². The quantitative estimate of drug-likeness (QED) is 0.892. The summed E-state index contributed by atoms with van der Waals surface area (Å²) in [4.78, 5) is 0.539. The standard InChI is InChI=1S/C13H17FN2OS/c1-9(2)13(14)12(8-15)16-18(17)11-6-4-10(3)5-7-11/h4-7,9,12-13,16H,1-3H3/t12-,13+,18+/m0/s1. The van der Waals surface area contributed by atoms with Crippen LogP contribution in [0.4, 0.5) is 4.39 Å². The molecule has 1 aromatic carbocycles. The van der Waals surface area contributed by atoms with Gasteiger partial charge >= 0.3 is 0 Å². The van der Waals surface area contributed by atoms with Gasteiger partial charge in [-0.3, -0.25) is 0 Å². The summed E-state index contributed by atoms with van der Waals surface area (Å²) in [5.74, 6) is -0.294. The number of nitriles is 1. The molecule has 0 unspecified atom stereocenters. The Labute approximate surface area is 110 Å². The molecule has 0 aliphatic rings. The lowest BCUT2D eigenvalue weighted by Crippen LogP contribution is -2.40. The highest BCUT2D eigenvalue weighted by Gasteiger charge is 2.25. The van der Waals surface area contributed by atoms with E-state index in [-0.39, 0.29) is 5.92 Å². The molecule has 0 heterocycles. The third kappa shape index (κ3) is 3.90. The topological polar surface area (TPSA) is 52.9 Å². The van der Waals surface area contributed by atoms with Crippen LogP contribution >= 0.6 is 0 Å². The van der Waals surface area contributed by atoms with E-state index in [0.29, 0.717) is 4.90 Å². The Balaban J connectivity index is 2.74. The van der Waals surface area contributed by atoms with Gasteiger partial charge in [0.2, 0.25) is 0 Å². The highest BCUT2D eigenvalue weighted by Crippen LogP contribution is 2.13. The van der Waals surface area contributed by atoms with Crippen LogP contribution in [0.2, 0.25) is 0 Å². The first-order chi connectivity index (χ1) is 8.45. The summed E-state index contributed by atoms with van der Waals surface area (Å²) in [5.41, 5.74) is 1.05. The van der Waals surface area contributed by atoms with Crippen LogP contribution in [0.1, 0.15) is 19.4 Å². The van der Waals surface area contributed by atoms with Crippen LogP contribution < -0.4 is 4.72 Å². The molecule has 98 valence electrons. The minimum atomic E-state index is -1.57. The fourth-order valence-electron chi connectivity index (χ4n) is 1.39. The molecular weight excluding hydrogens is 251 g/mol. The van der Waals surface area contributed by atoms with E-state index in [1.807, 2.05) is 25.1 Å². The maximum absolute atomic E-state index is 13.7. The Hall–Kier alpha value is -1.25. The Morgan fingerprint density at radius 1 is 1.33 bits per heavy atom. The van der Waals surface area contributed by atoms with E-state index in [1.165, 1.54) is 0 Å². The van der Waals surface area contributed by atoms with Gasteiger partial charge in [-0.25, -0.2) is 13.3 Å². The molecule has 0 saturated carbocycles. The van der Waals surface area contributed by atoms with E-state index in [2.05, 4.69) is 4.72 Å². The van der Waals surface area contributed by atoms with Crippen molar-refractivity contribution < 1.29 is 8.60 Å². The van der Waals surface area contributed by atoms with Gasteiger partial charge in [-0.1, -0.05) is 31.5 Å². The number of rotatable bonds is 5. The molecule has 0 aliphatic carbocycles. The van der Waals surface area contributed by atoms with Crippen LogP contribution in [0, 0.1) is 24.2 Å². The van der Waals surface area contributed by atoms with Crippen molar-refractivity contribution in [1.29, 1.82) is 5.26 Å². The molecule has 5 heteroatoms. The van der Waals surface area contributed by atoms with E-state index in [1.54, 1.807) is 26.0 Å². The zero-order valence-corrected chi connectivity index (χ0v) is 11.5. The van der Waals surface area contributed by atoms with Crippen LogP contribution in [-0.4, -0.2) is 16.4 Å². The summed E-state index contributed by atoms with van der Waals surface area (Å²) in [6, 6.07) is 7.81. The lowest BCUT2D eigenvalue weighted by atomic mass is 10.0. The van der Waals surface area contributed by atoms with Gasteiger partial charge < -0.3 is 0 Å². The van der Waals surface area contributed by atoms with Gasteiger partial charge in [0.1, 0.15) is 23.2 Å². The summed E-state index contributed by atoms with van der Waals surface area (Å²) >= 11 is 0. The molecule has 0 amide bonds. The summed E-state index contributed by atoms with van der Waals surface area (Å²) in [6.07, 6.45) is -1.34. The van der Waals surface area contributed by atoms with Crippen molar-refractivity contribution in [2.24, 2.45) is 5.92 Å². The molecule has 0 spiro atoms. The first-order valence-corrected chi connectivity index (χ1v) is 6.89. The number of benzene rings is 1. The molecule has 0 radical (unpaired) electrons. The fraction of sp³-hybridized carbons (Fsp3) is 0.462. The second-order valence-corrected chi connectivity index (χ2v) is 5.74. The third-order valence-electron chi connectivity index (χ3n) is 2.56. The molecule has 0 saturated heterocycles. The molecule has 1 rings (SSSR count). The summed E-state index contributed by atoms with van der Waals surface area (Å²) < 4.78 is 28.2. The van der Waals surface area contributed by atoms with Crippen LogP contribution in [0.5, 0.6) is 0 Å². The molecule has 3 atom stereocenters. The summed E-state index contributed by atoms with van der Waals surface area (Å²) in [5, 5.41) is 8.90. The Bertz CT molecular complexity index is 453. The molecule has 0 aliphatic heterocycles. The van der Waals surface area contributed by atoms with Crippen LogP contribution in [0.25, 0.3) is 0 Å². The number of hydrogen-bond acceptors (Lipinski definition) is 2. The van der Waals surface area contributed by atoms with Crippen molar-refractivity contribution in [3.63, 3.8) is 0 Å². The minimum absolute atomic E-state index is 0.294. The van der Waals surface area contributed by atoms with Crippen LogP contribution in [0.15, 0.2) is 29.2 Å². The predicted molar refractivity (Wildman–Crippen MR) is 69.9 cm³/mol. The van der Waals surface area contributed by atoms with Gasteiger partial charge in [-0.15, -0.1) is 0 Å². The Morgan fingerprint density at radius 3 is 2.33 bits per heavy atom. The molecule has 0 bridgehead atoms. The molecular formula is C13H17FN2OS. The third-order valence-corrected chi connectivity index (χ3v) is 3.73. The minimum Gasteiger partial charge on any atom is -0.244 e. The Kier molecular flexibility index (Phi) is 5.45. The van der Waals surface area contributed by atoms with Gasteiger partial charge in [0.25, 0.3) is 0 Å². The zero-order valence-electron chi connectivity index (χ0n) is 10.7. The van der Waals surface area contributed by atoms with Crippen LogP contribution in [-0.2, 0) is 11.0 Å². The Morgan fingerprint density at radius 2 is 1.89 bits per heavy atom. The lowest BCUT2D eigenvalue weighted by molar-refractivity contribution is 0.230. The van der Waals surface area contributed by atoms with Crippen molar-refractivity contribution in [3.8, 4) is 6.07 Å². The maximum atomic E-state index is 13.7. The van der Waals surface area contributed by atoms with E-state index in [0.717, 1.165) is 5.56 Å². The van der Waals surface area contributed by atoms with E-state index in [9.17, 15) is 8.60 Å². The number of aryl methyl sites for hydroxylation is 1. The second-order valence-electron chi connectivity index (χ2n) is 4.49. The number of alkyl halides is 1. The number of nitrogens with zero attached hydrogens (tertiary/aromatic N) is 1. The van der Waals surface area contributed by atoms with Gasteiger partial charge in [0.15, 0.2) is 0 Å². The predicted octanol–water partition coefficient (Wildman–Crippen LogP) is 2.49. The molecule has 3 nitrogen and oxygen atoms in total. The first kappa shape index (κ1) is 14.8. The molecule has 1 N–H and O–H groups in total. The zero-order chi connectivity index (χ0) is 13.7. The smallest absolute Gasteiger partial charge is 0.138 e. The average Bonchev–Trinajstić information content (AvgIpc) is 2.35. The maximum Gasteiger partial charge on any atom is 0.138 e.